The summed E-state index contributed by atoms with van der Waals surface area (Å²) in [6.45, 7) is 6.17. The molecule has 3 heteroatoms. The molecule has 0 radical (unpaired) electrons. The summed E-state index contributed by atoms with van der Waals surface area (Å²) in [6.07, 6.45) is 1.28. The smallest absolute Gasteiger partial charge is 0.0966 e. The van der Waals surface area contributed by atoms with Crippen molar-refractivity contribution in [2.24, 2.45) is 0 Å². The van der Waals surface area contributed by atoms with Crippen LogP contribution in [0.4, 0.5) is 0 Å². The Morgan fingerprint density at radius 1 is 1.39 bits per heavy atom. The molecule has 0 saturated carbocycles. The highest BCUT2D eigenvalue weighted by Crippen LogP contribution is 2.41. The summed E-state index contributed by atoms with van der Waals surface area (Å²) in [5, 5.41) is 4.69. The quantitative estimate of drug-likeness (QED) is 0.895. The molecule has 2 nitrogen and oxygen atoms in total. The van der Waals surface area contributed by atoms with Gasteiger partial charge in [-0.3, -0.25) is 0 Å². The predicted molar refractivity (Wildman–Crippen MR) is 77.6 cm³/mol. The number of nitrogens with one attached hydrogen (secondary N) is 1. The Labute approximate surface area is 112 Å². The molecular formula is C15H19NOS. The summed E-state index contributed by atoms with van der Waals surface area (Å²) >= 11 is 1.94. The van der Waals surface area contributed by atoms with Crippen LogP contribution in [0.5, 0.6) is 0 Å². The average molecular weight is 261 g/mol. The maximum Gasteiger partial charge on any atom is 0.0966 e. The molecule has 1 aliphatic rings. The van der Waals surface area contributed by atoms with Gasteiger partial charge in [0.1, 0.15) is 0 Å². The van der Waals surface area contributed by atoms with Gasteiger partial charge >= 0.3 is 0 Å². The van der Waals surface area contributed by atoms with Crippen molar-refractivity contribution >= 4 is 21.4 Å². The Morgan fingerprint density at radius 3 is 3.00 bits per heavy atom. The summed E-state index contributed by atoms with van der Waals surface area (Å²) in [5.41, 5.74) is 4.23. The van der Waals surface area contributed by atoms with E-state index >= 15 is 0 Å². The first-order valence-electron chi connectivity index (χ1n) is 6.50. The molecule has 2 heterocycles. The summed E-state index contributed by atoms with van der Waals surface area (Å²) in [6, 6.07) is 4.49. The van der Waals surface area contributed by atoms with E-state index in [4.69, 9.17) is 4.74 Å². The van der Waals surface area contributed by atoms with Gasteiger partial charge in [0.25, 0.3) is 0 Å². The van der Waals surface area contributed by atoms with E-state index in [0.29, 0.717) is 0 Å². The molecule has 3 rings (SSSR count). The molecule has 1 unspecified atom stereocenters. The van der Waals surface area contributed by atoms with E-state index in [0.717, 1.165) is 19.6 Å². The van der Waals surface area contributed by atoms with Crippen LogP contribution in [0.15, 0.2) is 12.1 Å². The monoisotopic (exact) mass is 261 g/mol. The molecule has 0 amide bonds. The minimum atomic E-state index is 0.216. The highest BCUT2D eigenvalue weighted by atomic mass is 32.1. The number of ether oxygens (including phenoxy) is 1. The van der Waals surface area contributed by atoms with E-state index in [9.17, 15) is 0 Å². The lowest BCUT2D eigenvalue weighted by atomic mass is 9.96. The van der Waals surface area contributed by atoms with Gasteiger partial charge in [0, 0.05) is 33.5 Å². The molecule has 2 aromatic rings. The minimum Gasteiger partial charge on any atom is -0.372 e. The van der Waals surface area contributed by atoms with Gasteiger partial charge in [-0.15, -0.1) is 11.3 Å². The Hall–Kier alpha value is -0.900. The summed E-state index contributed by atoms with van der Waals surface area (Å²) in [4.78, 5) is 1.52. The summed E-state index contributed by atoms with van der Waals surface area (Å²) < 4.78 is 7.36. The molecule has 0 aliphatic carbocycles. The molecule has 0 saturated heterocycles. The van der Waals surface area contributed by atoms with Crippen LogP contribution >= 0.6 is 11.3 Å². The van der Waals surface area contributed by atoms with Crippen LogP contribution in [0.25, 0.3) is 10.1 Å². The van der Waals surface area contributed by atoms with Crippen molar-refractivity contribution in [1.82, 2.24) is 5.32 Å². The zero-order valence-corrected chi connectivity index (χ0v) is 12.0. The third kappa shape index (κ3) is 1.78. The van der Waals surface area contributed by atoms with Crippen molar-refractivity contribution in [1.29, 1.82) is 0 Å². The zero-order valence-electron chi connectivity index (χ0n) is 11.2. The third-order valence-electron chi connectivity index (χ3n) is 3.86. The first-order chi connectivity index (χ1) is 8.72. The van der Waals surface area contributed by atoms with Crippen LogP contribution in [0.1, 0.15) is 27.7 Å². The molecule has 1 aliphatic heterocycles. The van der Waals surface area contributed by atoms with Gasteiger partial charge in [0.15, 0.2) is 0 Å². The molecule has 1 aromatic heterocycles. The van der Waals surface area contributed by atoms with Crippen molar-refractivity contribution < 1.29 is 4.74 Å². The fourth-order valence-electron chi connectivity index (χ4n) is 2.79. The first-order valence-corrected chi connectivity index (χ1v) is 7.31. The topological polar surface area (TPSA) is 21.3 Å². The molecule has 0 bridgehead atoms. The van der Waals surface area contributed by atoms with Crippen molar-refractivity contribution in [3.63, 3.8) is 0 Å². The van der Waals surface area contributed by atoms with E-state index in [1.165, 1.54) is 31.7 Å². The molecular weight excluding hydrogens is 242 g/mol. The summed E-state index contributed by atoms with van der Waals surface area (Å²) in [5.74, 6) is 0. The average Bonchev–Trinajstić information content (AvgIpc) is 2.74. The lowest BCUT2D eigenvalue weighted by Gasteiger charge is -2.24. The van der Waals surface area contributed by atoms with E-state index < -0.39 is 0 Å². The highest BCUT2D eigenvalue weighted by Gasteiger charge is 2.26. The molecule has 1 atom stereocenters. The number of likely N-dealkylation sites (N-methyl/N-ethyl adjacent to an activating group) is 1. The van der Waals surface area contributed by atoms with Crippen LogP contribution in [-0.2, 0) is 11.2 Å². The second-order valence-electron chi connectivity index (χ2n) is 4.99. The SMILES string of the molecule is CNCC1OCCc2sc3ccc(C)c(C)c3c21. The number of fused-ring (bicyclic) bond motifs is 3. The number of hydrogen-bond donors (Lipinski definition) is 1. The van der Waals surface area contributed by atoms with Crippen molar-refractivity contribution in [3.05, 3.63) is 33.7 Å². The molecule has 96 valence electrons. The zero-order chi connectivity index (χ0) is 12.7. The van der Waals surface area contributed by atoms with Gasteiger partial charge in [-0.25, -0.2) is 0 Å². The Kier molecular flexibility index (Phi) is 3.14. The van der Waals surface area contributed by atoms with Crippen molar-refractivity contribution in [3.8, 4) is 0 Å². The van der Waals surface area contributed by atoms with Crippen LogP contribution in [0.2, 0.25) is 0 Å². The van der Waals surface area contributed by atoms with Crippen LogP contribution in [-0.4, -0.2) is 20.2 Å². The Balaban J connectivity index is 2.25. The van der Waals surface area contributed by atoms with E-state index in [1.807, 2.05) is 18.4 Å². The molecule has 18 heavy (non-hydrogen) atoms. The van der Waals surface area contributed by atoms with Gasteiger partial charge in [-0.05, 0) is 38.1 Å². The van der Waals surface area contributed by atoms with E-state index in [2.05, 4.69) is 31.3 Å². The maximum absolute atomic E-state index is 5.95. The lowest BCUT2D eigenvalue weighted by molar-refractivity contribution is 0.0461. The van der Waals surface area contributed by atoms with Crippen molar-refractivity contribution in [2.75, 3.05) is 20.2 Å². The minimum absolute atomic E-state index is 0.216. The third-order valence-corrected chi connectivity index (χ3v) is 5.09. The fraction of sp³-hybridized carbons (Fsp3) is 0.467. The lowest BCUT2D eigenvalue weighted by Crippen LogP contribution is -2.24. The molecule has 0 fully saturated rings. The van der Waals surface area contributed by atoms with Crippen LogP contribution < -0.4 is 5.32 Å². The second-order valence-corrected chi connectivity index (χ2v) is 6.12. The largest absolute Gasteiger partial charge is 0.372 e. The van der Waals surface area contributed by atoms with Gasteiger partial charge < -0.3 is 10.1 Å². The van der Waals surface area contributed by atoms with E-state index in [-0.39, 0.29) is 6.10 Å². The highest BCUT2D eigenvalue weighted by molar-refractivity contribution is 7.19. The van der Waals surface area contributed by atoms with E-state index in [1.54, 1.807) is 0 Å². The normalized spacial score (nSPS) is 19.2. The molecule has 1 N–H and O–H groups in total. The fourth-order valence-corrected chi connectivity index (χ4v) is 4.08. The van der Waals surface area contributed by atoms with Gasteiger partial charge in [-0.2, -0.15) is 0 Å². The molecule has 0 spiro atoms. The number of aryl methyl sites for hydroxylation is 2. The summed E-state index contributed by atoms with van der Waals surface area (Å²) in [7, 11) is 1.99. The molecule has 1 aromatic carbocycles. The van der Waals surface area contributed by atoms with Gasteiger partial charge in [0.2, 0.25) is 0 Å². The number of hydrogen-bond acceptors (Lipinski definition) is 3. The van der Waals surface area contributed by atoms with Gasteiger partial charge in [0.05, 0.1) is 12.7 Å². The number of rotatable bonds is 2. The standard InChI is InChI=1S/C15H19NOS/c1-9-4-5-12-14(10(9)2)15-11(8-16-3)17-7-6-13(15)18-12/h4-5,11,16H,6-8H2,1-3H3. The maximum atomic E-state index is 5.95. The van der Waals surface area contributed by atoms with Gasteiger partial charge in [-0.1, -0.05) is 6.07 Å². The first kappa shape index (κ1) is 12.2. The number of thiophene rings is 1. The Bertz CT molecular complexity index is 588. The van der Waals surface area contributed by atoms with Crippen LogP contribution in [0.3, 0.4) is 0 Å². The van der Waals surface area contributed by atoms with Crippen LogP contribution in [0, 0.1) is 13.8 Å². The predicted octanol–water partition coefficient (Wildman–Crippen LogP) is 3.35. The van der Waals surface area contributed by atoms with Crippen molar-refractivity contribution in [2.45, 2.75) is 26.4 Å². The second kappa shape index (κ2) is 4.65. The Morgan fingerprint density at radius 2 is 2.22 bits per heavy atom. The number of benzene rings is 1.